The molecular formula is C17H23NO5S. The van der Waals surface area contributed by atoms with Crippen LogP contribution in [0.2, 0.25) is 0 Å². The number of hydrogen-bond acceptors (Lipinski definition) is 7. The van der Waals surface area contributed by atoms with E-state index < -0.39 is 12.0 Å². The van der Waals surface area contributed by atoms with Gasteiger partial charge in [-0.15, -0.1) is 11.3 Å². The van der Waals surface area contributed by atoms with Gasteiger partial charge >= 0.3 is 11.9 Å². The maximum absolute atomic E-state index is 12.1. The van der Waals surface area contributed by atoms with Gasteiger partial charge in [-0.25, -0.2) is 4.79 Å². The van der Waals surface area contributed by atoms with Crippen LogP contribution in [0.3, 0.4) is 0 Å². The lowest BCUT2D eigenvalue weighted by atomic mass is 10.1. The second-order valence-electron chi connectivity index (χ2n) is 4.75. The summed E-state index contributed by atoms with van der Waals surface area (Å²) in [4.78, 5) is 24.6. The van der Waals surface area contributed by atoms with Crippen molar-refractivity contribution < 1.29 is 24.2 Å². The fraction of sp³-hybridized carbons (Fsp3) is 0.529. The van der Waals surface area contributed by atoms with E-state index in [1.54, 1.807) is 13.8 Å². The van der Waals surface area contributed by atoms with Crippen LogP contribution < -0.4 is 5.32 Å². The predicted molar refractivity (Wildman–Crippen MR) is 92.8 cm³/mol. The van der Waals surface area contributed by atoms with Gasteiger partial charge in [-0.05, 0) is 32.4 Å². The first kappa shape index (κ1) is 20.0. The Labute approximate surface area is 146 Å². The number of hydrogen-bond donors (Lipinski definition) is 2. The quantitative estimate of drug-likeness (QED) is 0.522. The summed E-state index contributed by atoms with van der Waals surface area (Å²) in [6, 6.07) is 3.16. The first-order valence-corrected chi connectivity index (χ1v) is 8.66. The molecule has 0 bridgehead atoms. The van der Waals surface area contributed by atoms with Crippen molar-refractivity contribution >= 4 is 28.3 Å². The highest BCUT2D eigenvalue weighted by molar-refractivity contribution is 7.16. The Kier molecular flexibility index (Phi) is 9.58. The van der Waals surface area contributed by atoms with E-state index in [-0.39, 0.29) is 25.6 Å². The number of carbonyl (C=O) groups excluding carboxylic acids is 2. The van der Waals surface area contributed by atoms with Crippen LogP contribution >= 0.6 is 11.3 Å². The number of anilines is 1. The van der Waals surface area contributed by atoms with Gasteiger partial charge in [-0.2, -0.15) is 0 Å². The van der Waals surface area contributed by atoms with Crippen LogP contribution in [-0.4, -0.2) is 42.9 Å². The van der Waals surface area contributed by atoms with Crippen molar-refractivity contribution in [2.24, 2.45) is 0 Å². The Balaban J connectivity index is 2.66. The van der Waals surface area contributed by atoms with Crippen molar-refractivity contribution in [2.45, 2.75) is 39.2 Å². The molecular weight excluding hydrogens is 330 g/mol. The summed E-state index contributed by atoms with van der Waals surface area (Å²) in [6.45, 7) is 3.92. The molecule has 132 valence electrons. The Morgan fingerprint density at radius 2 is 2.00 bits per heavy atom. The average Bonchev–Trinajstić information content (AvgIpc) is 2.99. The summed E-state index contributed by atoms with van der Waals surface area (Å²) >= 11 is 1.47. The molecule has 1 rings (SSSR count). The molecule has 24 heavy (non-hydrogen) atoms. The second-order valence-corrected chi connectivity index (χ2v) is 5.92. The van der Waals surface area contributed by atoms with E-state index in [2.05, 4.69) is 17.2 Å². The number of ether oxygens (including phenoxy) is 2. The minimum Gasteiger partial charge on any atom is -0.466 e. The first-order valence-electron chi connectivity index (χ1n) is 7.84. The van der Waals surface area contributed by atoms with Gasteiger partial charge in [-0.3, -0.25) is 4.79 Å². The average molecular weight is 353 g/mol. The largest absolute Gasteiger partial charge is 0.466 e. The molecule has 2 N–H and O–H groups in total. The molecule has 1 aromatic heterocycles. The molecule has 1 heterocycles. The van der Waals surface area contributed by atoms with Gasteiger partial charge in [0.1, 0.15) is 12.6 Å². The number of aliphatic hydroxyl groups excluding tert-OH is 1. The summed E-state index contributed by atoms with van der Waals surface area (Å²) in [5.41, 5.74) is 0. The van der Waals surface area contributed by atoms with Crippen molar-refractivity contribution in [3.63, 3.8) is 0 Å². The third kappa shape index (κ3) is 7.49. The molecule has 1 aromatic rings. The molecule has 0 saturated carbocycles. The van der Waals surface area contributed by atoms with Gasteiger partial charge < -0.3 is 19.9 Å². The van der Waals surface area contributed by atoms with Gasteiger partial charge in [0, 0.05) is 17.7 Å². The number of carbonyl (C=O) groups is 2. The van der Waals surface area contributed by atoms with E-state index >= 15 is 0 Å². The van der Waals surface area contributed by atoms with Gasteiger partial charge in [0.15, 0.2) is 0 Å². The minimum absolute atomic E-state index is 0.143. The summed E-state index contributed by atoms with van der Waals surface area (Å²) in [5, 5.41) is 12.6. The van der Waals surface area contributed by atoms with E-state index in [9.17, 15) is 9.59 Å². The number of esters is 2. The van der Waals surface area contributed by atoms with Crippen LogP contribution in [0.25, 0.3) is 0 Å². The third-order valence-corrected chi connectivity index (χ3v) is 3.97. The monoisotopic (exact) mass is 353 g/mol. The van der Waals surface area contributed by atoms with Crippen LogP contribution in [0.5, 0.6) is 0 Å². The second kappa shape index (κ2) is 11.5. The van der Waals surface area contributed by atoms with Gasteiger partial charge in [-0.1, -0.05) is 11.8 Å². The molecule has 7 heteroatoms. The smallest absolute Gasteiger partial charge is 0.328 e. The zero-order valence-electron chi connectivity index (χ0n) is 14.0. The Morgan fingerprint density at radius 3 is 2.67 bits per heavy atom. The van der Waals surface area contributed by atoms with Crippen LogP contribution in [0.4, 0.5) is 5.00 Å². The lowest BCUT2D eigenvalue weighted by Gasteiger charge is -2.16. The zero-order chi connectivity index (χ0) is 17.8. The molecule has 0 amide bonds. The molecule has 6 nitrogen and oxygen atoms in total. The molecule has 0 saturated heterocycles. The number of aliphatic hydroxyl groups is 1. The number of rotatable bonds is 9. The molecule has 0 aliphatic rings. The van der Waals surface area contributed by atoms with Crippen LogP contribution in [0.1, 0.15) is 31.6 Å². The van der Waals surface area contributed by atoms with E-state index in [0.717, 1.165) is 9.88 Å². The van der Waals surface area contributed by atoms with Gasteiger partial charge in [0.2, 0.25) is 0 Å². The SMILES string of the molecule is CCOC(=O)CC[C@H](Nc1ccc(CC#CCO)s1)C(=O)OCC. The highest BCUT2D eigenvalue weighted by atomic mass is 32.1. The third-order valence-electron chi connectivity index (χ3n) is 2.96. The molecule has 0 aliphatic carbocycles. The number of thiophene rings is 1. The predicted octanol–water partition coefficient (Wildman–Crippen LogP) is 1.97. The minimum atomic E-state index is -0.607. The highest BCUT2D eigenvalue weighted by Gasteiger charge is 2.21. The molecule has 1 atom stereocenters. The molecule has 0 fully saturated rings. The maximum Gasteiger partial charge on any atom is 0.328 e. The standard InChI is InChI=1S/C17H23NO5S/c1-3-22-16(20)11-9-14(17(21)23-4-2)18-15-10-8-13(24-15)7-5-6-12-19/h8,10,14,18-19H,3-4,7,9,11-12H2,1-2H3/t14-/m0/s1. The summed E-state index contributed by atoms with van der Waals surface area (Å²) in [6.07, 6.45) is 0.986. The highest BCUT2D eigenvalue weighted by Crippen LogP contribution is 2.24. The van der Waals surface area contributed by atoms with E-state index in [1.807, 2.05) is 12.1 Å². The molecule has 0 aliphatic heterocycles. The van der Waals surface area contributed by atoms with Crippen molar-refractivity contribution in [1.29, 1.82) is 0 Å². The Morgan fingerprint density at radius 1 is 1.25 bits per heavy atom. The zero-order valence-corrected chi connectivity index (χ0v) is 14.8. The van der Waals surface area contributed by atoms with Crippen LogP contribution in [-0.2, 0) is 25.5 Å². The fourth-order valence-electron chi connectivity index (χ4n) is 1.91. The van der Waals surface area contributed by atoms with E-state index in [4.69, 9.17) is 14.6 Å². The van der Waals surface area contributed by atoms with Crippen molar-refractivity contribution in [2.75, 3.05) is 25.1 Å². The van der Waals surface area contributed by atoms with Crippen molar-refractivity contribution in [3.8, 4) is 11.8 Å². The van der Waals surface area contributed by atoms with E-state index in [1.165, 1.54) is 11.3 Å². The molecule has 0 spiro atoms. The Bertz CT molecular complexity index is 587. The van der Waals surface area contributed by atoms with Gasteiger partial charge in [0.05, 0.1) is 18.2 Å². The summed E-state index contributed by atoms with van der Waals surface area (Å²) in [5.74, 6) is 4.71. The Hall–Kier alpha value is -2.04. The fourth-order valence-corrected chi connectivity index (χ4v) is 2.82. The lowest BCUT2D eigenvalue weighted by Crippen LogP contribution is -2.32. The number of nitrogens with one attached hydrogen (secondary N) is 1. The van der Waals surface area contributed by atoms with Crippen molar-refractivity contribution in [1.82, 2.24) is 0 Å². The maximum atomic E-state index is 12.1. The van der Waals surface area contributed by atoms with Crippen LogP contribution in [0.15, 0.2) is 12.1 Å². The van der Waals surface area contributed by atoms with E-state index in [0.29, 0.717) is 19.4 Å². The first-order chi connectivity index (χ1) is 11.6. The van der Waals surface area contributed by atoms with Crippen molar-refractivity contribution in [3.05, 3.63) is 17.0 Å². The lowest BCUT2D eigenvalue weighted by molar-refractivity contribution is -0.145. The molecule has 0 aromatic carbocycles. The normalized spacial score (nSPS) is 11.1. The summed E-state index contributed by atoms with van der Waals surface area (Å²) in [7, 11) is 0. The van der Waals surface area contributed by atoms with Gasteiger partial charge in [0.25, 0.3) is 0 Å². The molecule has 0 unspecified atom stereocenters. The molecule has 0 radical (unpaired) electrons. The summed E-state index contributed by atoms with van der Waals surface area (Å²) < 4.78 is 9.95. The topological polar surface area (TPSA) is 84.9 Å². The van der Waals surface area contributed by atoms with Crippen LogP contribution in [0, 0.1) is 11.8 Å².